The molecule has 0 fully saturated rings. The van der Waals surface area contributed by atoms with Crippen LogP contribution in [-0.4, -0.2) is 12.1 Å². The van der Waals surface area contributed by atoms with E-state index in [1.54, 1.807) is 19.1 Å². The van der Waals surface area contributed by atoms with Gasteiger partial charge < -0.3 is 8.83 Å². The number of aryl methyl sites for hydroxylation is 2. The summed E-state index contributed by atoms with van der Waals surface area (Å²) in [4.78, 5) is 11.9. The summed E-state index contributed by atoms with van der Waals surface area (Å²) in [7, 11) is 0. The Bertz CT molecular complexity index is 909. The van der Waals surface area contributed by atoms with Crippen LogP contribution in [0.3, 0.4) is 0 Å². The zero-order valence-corrected chi connectivity index (χ0v) is 13.9. The Morgan fingerprint density at radius 1 is 1.21 bits per heavy atom. The minimum atomic E-state index is -0.338. The minimum absolute atomic E-state index is 0.338. The predicted octanol–water partition coefficient (Wildman–Crippen LogP) is 4.57. The van der Waals surface area contributed by atoms with Gasteiger partial charge in [-0.05, 0) is 43.7 Å². The Hall–Kier alpha value is -2.79. The summed E-state index contributed by atoms with van der Waals surface area (Å²) in [6, 6.07) is 10.9. The Kier molecular flexibility index (Phi) is 4.53. The molecule has 2 heterocycles. The first-order chi connectivity index (χ1) is 11.5. The molecule has 0 aliphatic carbocycles. The fraction of sp³-hybridized carbons (Fsp3) is 0.111. The van der Waals surface area contributed by atoms with Crippen molar-refractivity contribution in [3.8, 4) is 11.3 Å². The predicted molar refractivity (Wildman–Crippen MR) is 92.4 cm³/mol. The number of hydrogen-bond acceptors (Lipinski definition) is 4. The summed E-state index contributed by atoms with van der Waals surface area (Å²) in [5.41, 5.74) is 4.76. The second-order valence-corrected chi connectivity index (χ2v) is 5.66. The molecule has 122 valence electrons. The van der Waals surface area contributed by atoms with Crippen molar-refractivity contribution in [1.82, 2.24) is 5.43 Å². The quantitative estimate of drug-likeness (QED) is 0.557. The molecule has 1 amide bonds. The number of rotatable bonds is 4. The van der Waals surface area contributed by atoms with Crippen molar-refractivity contribution < 1.29 is 13.6 Å². The molecule has 0 saturated heterocycles. The van der Waals surface area contributed by atoms with Crippen molar-refractivity contribution in [2.45, 2.75) is 13.8 Å². The Morgan fingerprint density at radius 2 is 2.04 bits per heavy atom. The van der Waals surface area contributed by atoms with E-state index in [4.69, 9.17) is 20.4 Å². The molecule has 0 aliphatic heterocycles. The smallest absolute Gasteiger partial charge is 0.274 e. The van der Waals surface area contributed by atoms with Crippen LogP contribution in [0.25, 0.3) is 11.3 Å². The highest BCUT2D eigenvalue weighted by Gasteiger charge is 2.10. The molecule has 5 nitrogen and oxygen atoms in total. The van der Waals surface area contributed by atoms with Gasteiger partial charge in [0.1, 0.15) is 17.3 Å². The van der Waals surface area contributed by atoms with E-state index in [0.29, 0.717) is 27.9 Å². The summed E-state index contributed by atoms with van der Waals surface area (Å²) >= 11 is 6.13. The van der Waals surface area contributed by atoms with Crippen molar-refractivity contribution in [3.63, 3.8) is 0 Å². The molecular weight excluding hydrogens is 328 g/mol. The third-order valence-corrected chi connectivity index (χ3v) is 3.95. The highest BCUT2D eigenvalue weighted by Crippen LogP contribution is 2.26. The van der Waals surface area contributed by atoms with Crippen LogP contribution in [0.1, 0.15) is 27.4 Å². The summed E-state index contributed by atoms with van der Waals surface area (Å²) < 4.78 is 10.8. The lowest BCUT2D eigenvalue weighted by atomic mass is 10.1. The Morgan fingerprint density at radius 3 is 2.75 bits per heavy atom. The van der Waals surface area contributed by atoms with Gasteiger partial charge >= 0.3 is 0 Å². The molecule has 3 aromatic rings. The summed E-state index contributed by atoms with van der Waals surface area (Å²) in [5.74, 6) is 1.40. The molecule has 3 rings (SSSR count). The van der Waals surface area contributed by atoms with E-state index in [9.17, 15) is 4.79 Å². The molecule has 0 atom stereocenters. The van der Waals surface area contributed by atoms with Crippen LogP contribution >= 0.6 is 11.6 Å². The normalized spacial score (nSPS) is 11.1. The number of benzene rings is 1. The van der Waals surface area contributed by atoms with Crippen molar-refractivity contribution >= 4 is 23.7 Å². The van der Waals surface area contributed by atoms with Crippen LogP contribution in [0.2, 0.25) is 5.02 Å². The molecule has 2 aromatic heterocycles. The molecule has 1 N–H and O–H groups in total. The van der Waals surface area contributed by atoms with Crippen molar-refractivity contribution in [3.05, 3.63) is 70.3 Å². The molecule has 0 bridgehead atoms. The topological polar surface area (TPSA) is 67.7 Å². The van der Waals surface area contributed by atoms with Crippen LogP contribution in [0.4, 0.5) is 0 Å². The SMILES string of the molecule is Cc1ccc(-c2ccc(/C=N\NC(=O)c3ccoc3C)o2)cc1Cl. The minimum Gasteiger partial charge on any atom is -0.469 e. The molecule has 1 aromatic carbocycles. The van der Waals surface area contributed by atoms with Crippen LogP contribution in [0.15, 0.2) is 56.6 Å². The molecule has 24 heavy (non-hydrogen) atoms. The van der Waals surface area contributed by atoms with Gasteiger partial charge in [-0.15, -0.1) is 0 Å². The number of nitrogens with one attached hydrogen (secondary N) is 1. The highest BCUT2D eigenvalue weighted by molar-refractivity contribution is 6.31. The second kappa shape index (κ2) is 6.76. The van der Waals surface area contributed by atoms with Gasteiger partial charge in [0.2, 0.25) is 0 Å². The maximum absolute atomic E-state index is 11.9. The highest BCUT2D eigenvalue weighted by atomic mass is 35.5. The van der Waals surface area contributed by atoms with Crippen LogP contribution in [0.5, 0.6) is 0 Å². The molecular formula is C18H15ClN2O3. The third kappa shape index (κ3) is 3.41. The standard InChI is InChI=1S/C18H15ClN2O3/c1-11-3-4-13(9-16(11)19)17-6-5-14(24-17)10-20-21-18(22)15-7-8-23-12(15)2/h3-10H,1-2H3,(H,21,22)/b20-10-. The molecule has 0 aliphatic rings. The second-order valence-electron chi connectivity index (χ2n) is 5.26. The monoisotopic (exact) mass is 342 g/mol. The fourth-order valence-electron chi connectivity index (χ4n) is 2.16. The average molecular weight is 343 g/mol. The zero-order chi connectivity index (χ0) is 17.1. The van der Waals surface area contributed by atoms with Crippen molar-refractivity contribution in [2.24, 2.45) is 5.10 Å². The summed E-state index contributed by atoms with van der Waals surface area (Å²) in [6.07, 6.45) is 2.89. The average Bonchev–Trinajstić information content (AvgIpc) is 3.19. The number of amides is 1. The first kappa shape index (κ1) is 16.1. The van der Waals surface area contributed by atoms with Crippen LogP contribution in [0, 0.1) is 13.8 Å². The number of carbonyl (C=O) groups is 1. The van der Waals surface area contributed by atoms with Gasteiger partial charge in [0.25, 0.3) is 5.91 Å². The van der Waals surface area contributed by atoms with Gasteiger partial charge in [-0.2, -0.15) is 5.10 Å². The molecule has 0 unspecified atom stereocenters. The lowest BCUT2D eigenvalue weighted by Crippen LogP contribution is -2.17. The number of halogens is 1. The number of carbonyl (C=O) groups excluding carboxylic acids is 1. The van der Waals surface area contributed by atoms with E-state index in [0.717, 1.165) is 11.1 Å². The van der Waals surface area contributed by atoms with Crippen molar-refractivity contribution in [2.75, 3.05) is 0 Å². The van der Waals surface area contributed by atoms with Gasteiger partial charge in [-0.1, -0.05) is 23.7 Å². The summed E-state index contributed by atoms with van der Waals surface area (Å²) in [6.45, 7) is 3.65. The largest absolute Gasteiger partial charge is 0.469 e. The number of nitrogens with zero attached hydrogens (tertiary/aromatic N) is 1. The summed E-state index contributed by atoms with van der Waals surface area (Å²) in [5, 5.41) is 4.57. The number of hydrogen-bond donors (Lipinski definition) is 1. The van der Waals surface area contributed by atoms with Crippen LogP contribution in [-0.2, 0) is 0 Å². The number of furan rings is 2. The lowest BCUT2D eigenvalue weighted by molar-refractivity contribution is 0.0953. The van der Waals surface area contributed by atoms with Gasteiger partial charge in [0.15, 0.2) is 0 Å². The first-order valence-corrected chi connectivity index (χ1v) is 7.66. The third-order valence-electron chi connectivity index (χ3n) is 3.54. The van der Waals surface area contributed by atoms with Crippen LogP contribution < -0.4 is 5.43 Å². The van der Waals surface area contributed by atoms with E-state index in [1.807, 2.05) is 31.2 Å². The fourth-order valence-corrected chi connectivity index (χ4v) is 2.34. The van der Waals surface area contributed by atoms with Crippen molar-refractivity contribution in [1.29, 1.82) is 0 Å². The number of hydrazone groups is 1. The maximum Gasteiger partial charge on any atom is 0.274 e. The van der Waals surface area contributed by atoms with E-state index in [2.05, 4.69) is 10.5 Å². The Balaban J connectivity index is 1.68. The lowest BCUT2D eigenvalue weighted by Gasteiger charge is -2.00. The van der Waals surface area contributed by atoms with E-state index >= 15 is 0 Å². The zero-order valence-electron chi connectivity index (χ0n) is 13.2. The van der Waals surface area contributed by atoms with E-state index in [-0.39, 0.29) is 5.91 Å². The molecule has 6 heteroatoms. The van der Waals surface area contributed by atoms with E-state index in [1.165, 1.54) is 12.5 Å². The van der Waals surface area contributed by atoms with Gasteiger partial charge in [0.05, 0.1) is 18.0 Å². The van der Waals surface area contributed by atoms with Gasteiger partial charge in [-0.3, -0.25) is 4.79 Å². The van der Waals surface area contributed by atoms with Gasteiger partial charge in [0, 0.05) is 10.6 Å². The molecule has 0 saturated carbocycles. The molecule has 0 spiro atoms. The molecule has 0 radical (unpaired) electrons. The van der Waals surface area contributed by atoms with Gasteiger partial charge in [-0.25, -0.2) is 5.43 Å². The first-order valence-electron chi connectivity index (χ1n) is 7.28. The maximum atomic E-state index is 11.9. The Labute approximate surface area is 143 Å². The van der Waals surface area contributed by atoms with E-state index < -0.39 is 0 Å².